The molecule has 0 aromatic carbocycles. The van der Waals surface area contributed by atoms with Gasteiger partial charge in [0.2, 0.25) is 0 Å². The fourth-order valence-electron chi connectivity index (χ4n) is 0.278. The second kappa shape index (κ2) is 6.83. The Morgan fingerprint density at radius 2 is 1.43 bits per heavy atom. The molecule has 1 N–H and O–H groups in total. The second-order valence-corrected chi connectivity index (χ2v) is 0.885. The van der Waals surface area contributed by atoms with E-state index in [1.165, 1.54) is 0 Å². The summed E-state index contributed by atoms with van der Waals surface area (Å²) in [5, 5.41) is 0. The first kappa shape index (κ1) is 10.7. The predicted molar refractivity (Wildman–Crippen MR) is 36.6 cm³/mol. The molecule has 1 heterocycles. The third-order valence-corrected chi connectivity index (χ3v) is 0.496. The SMILES string of the molecule is Cl.[CaH2].c1cc[nH]c1. The van der Waals surface area contributed by atoms with Gasteiger partial charge in [-0.25, -0.2) is 0 Å². The van der Waals surface area contributed by atoms with Crippen molar-refractivity contribution in [3.05, 3.63) is 24.5 Å². The van der Waals surface area contributed by atoms with Gasteiger partial charge >= 0.3 is 37.7 Å². The van der Waals surface area contributed by atoms with Crippen LogP contribution >= 0.6 is 12.4 Å². The van der Waals surface area contributed by atoms with Gasteiger partial charge in [0.05, 0.1) is 0 Å². The fraction of sp³-hybridized carbons (Fsp3) is 0. The molecule has 0 aliphatic heterocycles. The Kier molecular flexibility index (Phi) is 10.5. The van der Waals surface area contributed by atoms with Crippen LogP contribution in [0.3, 0.4) is 0 Å². The van der Waals surface area contributed by atoms with Gasteiger partial charge in [-0.15, -0.1) is 12.4 Å². The molecule has 0 radical (unpaired) electrons. The molecule has 0 aliphatic carbocycles. The zero-order valence-electron chi connectivity index (χ0n) is 3.22. The van der Waals surface area contributed by atoms with Crippen molar-refractivity contribution in [1.82, 2.24) is 4.98 Å². The van der Waals surface area contributed by atoms with E-state index in [-0.39, 0.29) is 50.1 Å². The molecule has 1 aromatic rings. The van der Waals surface area contributed by atoms with Gasteiger partial charge in [0.1, 0.15) is 0 Å². The summed E-state index contributed by atoms with van der Waals surface area (Å²) in [6.07, 6.45) is 3.75. The van der Waals surface area contributed by atoms with Crippen LogP contribution in [0.25, 0.3) is 0 Å². The molecule has 0 fully saturated rings. The Morgan fingerprint density at radius 1 is 1.00 bits per heavy atom. The van der Waals surface area contributed by atoms with E-state index in [2.05, 4.69) is 4.98 Å². The molecule has 0 saturated carbocycles. The van der Waals surface area contributed by atoms with Gasteiger partial charge < -0.3 is 4.98 Å². The maximum Gasteiger partial charge on any atom is 0.000496 e. The van der Waals surface area contributed by atoms with E-state index in [9.17, 15) is 0 Å². The summed E-state index contributed by atoms with van der Waals surface area (Å²) in [6.45, 7) is 0. The van der Waals surface area contributed by atoms with Crippen molar-refractivity contribution in [2.45, 2.75) is 0 Å². The first-order chi connectivity index (χ1) is 2.50. The van der Waals surface area contributed by atoms with E-state index in [1.807, 2.05) is 24.5 Å². The first-order valence-electron chi connectivity index (χ1n) is 1.58. The van der Waals surface area contributed by atoms with Crippen LogP contribution in [0.2, 0.25) is 0 Å². The predicted octanol–water partition coefficient (Wildman–Crippen LogP) is 0.520. The molecule has 0 unspecified atom stereocenters. The molecule has 1 rings (SSSR count). The molecule has 0 saturated heterocycles. The van der Waals surface area contributed by atoms with Crippen LogP contribution in [-0.4, -0.2) is 42.7 Å². The van der Waals surface area contributed by atoms with Crippen LogP contribution in [0.5, 0.6) is 0 Å². The summed E-state index contributed by atoms with van der Waals surface area (Å²) >= 11 is 0. The van der Waals surface area contributed by atoms with Crippen molar-refractivity contribution in [2.24, 2.45) is 0 Å². The molecule has 0 spiro atoms. The van der Waals surface area contributed by atoms with Gasteiger partial charge in [0.15, 0.2) is 0 Å². The standard InChI is InChI=1S/C4H5N.Ca.ClH.2H/c1-2-4-5-3-1;;;;/h1-5H;;1H;;. The molecule has 7 heavy (non-hydrogen) atoms. The number of hydrogen-bond donors (Lipinski definition) is 1. The van der Waals surface area contributed by atoms with Crippen molar-refractivity contribution in [3.63, 3.8) is 0 Å². The summed E-state index contributed by atoms with van der Waals surface area (Å²) in [4.78, 5) is 2.86. The topological polar surface area (TPSA) is 15.8 Å². The quantitative estimate of drug-likeness (QED) is 0.513. The number of rotatable bonds is 0. The fourth-order valence-corrected chi connectivity index (χ4v) is 0.278. The molecule has 38 valence electrons. The van der Waals surface area contributed by atoms with E-state index in [4.69, 9.17) is 0 Å². The van der Waals surface area contributed by atoms with E-state index in [0.29, 0.717) is 0 Å². The number of hydrogen-bond acceptors (Lipinski definition) is 0. The Labute approximate surface area is 78.9 Å². The first-order valence-corrected chi connectivity index (χ1v) is 1.58. The minimum atomic E-state index is 0. The Hall–Kier alpha value is 0.830. The molecule has 0 aliphatic rings. The van der Waals surface area contributed by atoms with Crippen molar-refractivity contribution >= 4 is 50.1 Å². The van der Waals surface area contributed by atoms with Gasteiger partial charge in [-0.05, 0) is 12.1 Å². The molecular weight excluding hydrogens is 138 g/mol. The second-order valence-electron chi connectivity index (χ2n) is 0.885. The number of nitrogens with one attached hydrogen (secondary N) is 1. The largest absolute Gasteiger partial charge is 0.368 e. The van der Waals surface area contributed by atoms with Crippen LogP contribution in [-0.2, 0) is 0 Å². The van der Waals surface area contributed by atoms with E-state index in [0.717, 1.165) is 0 Å². The summed E-state index contributed by atoms with van der Waals surface area (Å²) in [7, 11) is 0. The minimum absolute atomic E-state index is 0. The van der Waals surface area contributed by atoms with Crippen molar-refractivity contribution in [1.29, 1.82) is 0 Å². The maximum atomic E-state index is 2.86. The van der Waals surface area contributed by atoms with E-state index < -0.39 is 0 Å². The van der Waals surface area contributed by atoms with Gasteiger partial charge in [0.25, 0.3) is 0 Å². The molecule has 0 bridgehead atoms. The Balaban J connectivity index is 0. The van der Waals surface area contributed by atoms with Gasteiger partial charge in [-0.1, -0.05) is 0 Å². The molecule has 1 aromatic heterocycles. The van der Waals surface area contributed by atoms with Crippen LogP contribution in [0, 0.1) is 0 Å². The van der Waals surface area contributed by atoms with Crippen molar-refractivity contribution < 1.29 is 0 Å². The number of H-pyrrole nitrogens is 1. The summed E-state index contributed by atoms with van der Waals surface area (Å²) < 4.78 is 0. The molecular formula is C4H8CaClN. The molecule has 3 heteroatoms. The number of aromatic nitrogens is 1. The van der Waals surface area contributed by atoms with Gasteiger partial charge in [0, 0.05) is 12.4 Å². The zero-order chi connectivity index (χ0) is 3.54. The van der Waals surface area contributed by atoms with Crippen LogP contribution < -0.4 is 0 Å². The van der Waals surface area contributed by atoms with E-state index >= 15 is 0 Å². The zero-order valence-corrected chi connectivity index (χ0v) is 4.03. The normalized spacial score (nSPS) is 5.71. The minimum Gasteiger partial charge on any atom is -0.368 e. The molecule has 0 atom stereocenters. The van der Waals surface area contributed by atoms with Gasteiger partial charge in [-0.2, -0.15) is 0 Å². The average Bonchev–Trinajstić information content (AvgIpc) is 1.76. The average molecular weight is 146 g/mol. The number of aromatic amines is 1. The van der Waals surface area contributed by atoms with E-state index in [1.54, 1.807) is 0 Å². The summed E-state index contributed by atoms with van der Waals surface area (Å²) in [6, 6.07) is 3.89. The van der Waals surface area contributed by atoms with Crippen LogP contribution in [0.4, 0.5) is 0 Å². The van der Waals surface area contributed by atoms with Crippen molar-refractivity contribution in [3.8, 4) is 0 Å². The Bertz CT molecular complexity index is 68.2. The molecule has 0 amide bonds. The number of halogens is 1. The van der Waals surface area contributed by atoms with Crippen LogP contribution in [0.1, 0.15) is 0 Å². The van der Waals surface area contributed by atoms with Gasteiger partial charge in [-0.3, -0.25) is 0 Å². The Morgan fingerprint density at radius 3 is 1.57 bits per heavy atom. The van der Waals surface area contributed by atoms with Crippen molar-refractivity contribution in [2.75, 3.05) is 0 Å². The monoisotopic (exact) mass is 145 g/mol. The third-order valence-electron chi connectivity index (χ3n) is 0.496. The third kappa shape index (κ3) is 4.69. The summed E-state index contributed by atoms with van der Waals surface area (Å²) in [5.74, 6) is 0. The summed E-state index contributed by atoms with van der Waals surface area (Å²) in [5.41, 5.74) is 0. The van der Waals surface area contributed by atoms with Crippen LogP contribution in [0.15, 0.2) is 24.5 Å². The maximum absolute atomic E-state index is 2.86. The smallest absolute Gasteiger partial charge is 0.000496 e. The molecule has 1 nitrogen and oxygen atoms in total.